The molecular formula is C14H19BrN2O2. The Morgan fingerprint density at radius 1 is 1.37 bits per heavy atom. The second kappa shape index (κ2) is 7.62. The summed E-state index contributed by atoms with van der Waals surface area (Å²) in [5, 5.41) is 3.30. The monoisotopic (exact) mass is 326 g/mol. The number of amides is 1. The lowest BCUT2D eigenvalue weighted by atomic mass is 10.2. The van der Waals surface area contributed by atoms with E-state index in [-0.39, 0.29) is 5.91 Å². The quantitative estimate of drug-likeness (QED) is 0.839. The highest BCUT2D eigenvalue weighted by atomic mass is 79.9. The van der Waals surface area contributed by atoms with Gasteiger partial charge < -0.3 is 15.0 Å². The number of carbonyl (C=O) groups is 1. The van der Waals surface area contributed by atoms with Gasteiger partial charge in [0.2, 0.25) is 5.91 Å². The van der Waals surface area contributed by atoms with Crippen LogP contribution in [0.4, 0.5) is 0 Å². The number of nitrogens with one attached hydrogen (secondary N) is 1. The van der Waals surface area contributed by atoms with Crippen LogP contribution in [-0.2, 0) is 16.1 Å². The number of carbonyl (C=O) groups excluding carboxylic acids is 1. The first-order chi connectivity index (χ1) is 9.25. The molecule has 1 amide bonds. The van der Waals surface area contributed by atoms with Gasteiger partial charge in [-0.1, -0.05) is 28.1 Å². The Hall–Kier alpha value is -0.910. The maximum Gasteiger partial charge on any atom is 0.224 e. The standard InChI is InChI=1S/C14H19BrN2O2/c15-13-3-1-2-12(10-13)11-16-5-4-14(18)17-6-8-19-9-7-17/h1-3,10,16H,4-9,11H2. The summed E-state index contributed by atoms with van der Waals surface area (Å²) in [6, 6.07) is 8.17. The number of hydrogen-bond donors (Lipinski definition) is 1. The Kier molecular flexibility index (Phi) is 5.82. The number of benzene rings is 1. The summed E-state index contributed by atoms with van der Waals surface area (Å²) in [6.45, 7) is 4.28. The first kappa shape index (κ1) is 14.5. The molecule has 1 N–H and O–H groups in total. The van der Waals surface area contributed by atoms with Crippen LogP contribution in [0.1, 0.15) is 12.0 Å². The van der Waals surface area contributed by atoms with E-state index in [1.165, 1.54) is 5.56 Å². The van der Waals surface area contributed by atoms with Gasteiger partial charge in [0.25, 0.3) is 0 Å². The van der Waals surface area contributed by atoms with Gasteiger partial charge in [0.1, 0.15) is 0 Å². The molecule has 0 atom stereocenters. The average molecular weight is 327 g/mol. The Balaban J connectivity index is 1.65. The molecule has 1 fully saturated rings. The number of halogens is 1. The predicted octanol–water partition coefficient (Wildman–Crippen LogP) is 1.79. The number of rotatable bonds is 5. The van der Waals surface area contributed by atoms with Gasteiger partial charge in [0.15, 0.2) is 0 Å². The molecule has 1 aromatic carbocycles. The summed E-state index contributed by atoms with van der Waals surface area (Å²) in [5.74, 6) is 0.213. The van der Waals surface area contributed by atoms with Crippen LogP contribution in [0.5, 0.6) is 0 Å². The molecule has 1 aliphatic rings. The van der Waals surface area contributed by atoms with E-state index in [1.54, 1.807) is 0 Å². The Morgan fingerprint density at radius 2 is 2.16 bits per heavy atom. The van der Waals surface area contributed by atoms with Gasteiger partial charge >= 0.3 is 0 Å². The highest BCUT2D eigenvalue weighted by molar-refractivity contribution is 9.10. The summed E-state index contributed by atoms with van der Waals surface area (Å²) in [6.07, 6.45) is 0.550. The van der Waals surface area contributed by atoms with Crippen molar-refractivity contribution < 1.29 is 9.53 Å². The third kappa shape index (κ3) is 4.93. The maximum absolute atomic E-state index is 11.9. The SMILES string of the molecule is O=C(CCNCc1cccc(Br)c1)N1CCOCC1. The van der Waals surface area contributed by atoms with Crippen molar-refractivity contribution in [1.29, 1.82) is 0 Å². The van der Waals surface area contributed by atoms with Crippen LogP contribution in [0.25, 0.3) is 0 Å². The normalized spacial score (nSPS) is 15.5. The molecule has 0 saturated carbocycles. The zero-order valence-electron chi connectivity index (χ0n) is 10.9. The third-order valence-electron chi connectivity index (χ3n) is 3.10. The summed E-state index contributed by atoms with van der Waals surface area (Å²) < 4.78 is 6.31. The lowest BCUT2D eigenvalue weighted by molar-refractivity contribution is -0.135. The average Bonchev–Trinajstić information content (AvgIpc) is 2.44. The molecular weight excluding hydrogens is 308 g/mol. The molecule has 0 spiro atoms. The molecule has 1 heterocycles. The van der Waals surface area contributed by atoms with Crippen molar-refractivity contribution in [3.63, 3.8) is 0 Å². The molecule has 0 unspecified atom stereocenters. The van der Waals surface area contributed by atoms with E-state index in [4.69, 9.17) is 4.74 Å². The van der Waals surface area contributed by atoms with Gasteiger partial charge in [-0.25, -0.2) is 0 Å². The fourth-order valence-electron chi connectivity index (χ4n) is 2.05. The molecule has 0 aliphatic carbocycles. The van der Waals surface area contributed by atoms with Crippen LogP contribution in [0.2, 0.25) is 0 Å². The van der Waals surface area contributed by atoms with Crippen molar-refractivity contribution in [2.45, 2.75) is 13.0 Å². The molecule has 5 heteroatoms. The van der Waals surface area contributed by atoms with Crippen LogP contribution in [-0.4, -0.2) is 43.7 Å². The topological polar surface area (TPSA) is 41.6 Å². The van der Waals surface area contributed by atoms with Crippen LogP contribution < -0.4 is 5.32 Å². The maximum atomic E-state index is 11.9. The van der Waals surface area contributed by atoms with E-state index < -0.39 is 0 Å². The minimum absolute atomic E-state index is 0.213. The van der Waals surface area contributed by atoms with Crippen LogP contribution >= 0.6 is 15.9 Å². The summed E-state index contributed by atoms with van der Waals surface area (Å²) in [4.78, 5) is 13.8. The van der Waals surface area contributed by atoms with Crippen molar-refractivity contribution in [3.8, 4) is 0 Å². The molecule has 1 aromatic rings. The number of morpholine rings is 1. The highest BCUT2D eigenvalue weighted by Gasteiger charge is 2.15. The lowest BCUT2D eigenvalue weighted by Gasteiger charge is -2.26. The molecule has 1 saturated heterocycles. The molecule has 4 nitrogen and oxygen atoms in total. The summed E-state index contributed by atoms with van der Waals surface area (Å²) >= 11 is 3.45. The molecule has 1 aliphatic heterocycles. The molecule has 2 rings (SSSR count). The lowest BCUT2D eigenvalue weighted by Crippen LogP contribution is -2.41. The van der Waals surface area contributed by atoms with Gasteiger partial charge in [-0.2, -0.15) is 0 Å². The molecule has 0 radical (unpaired) electrons. The van der Waals surface area contributed by atoms with Crippen molar-refractivity contribution in [2.75, 3.05) is 32.8 Å². The van der Waals surface area contributed by atoms with Gasteiger partial charge in [0.05, 0.1) is 13.2 Å². The fourth-order valence-corrected chi connectivity index (χ4v) is 2.49. The predicted molar refractivity (Wildman–Crippen MR) is 77.9 cm³/mol. The number of nitrogens with zero attached hydrogens (tertiary/aromatic N) is 1. The highest BCUT2D eigenvalue weighted by Crippen LogP contribution is 2.11. The van der Waals surface area contributed by atoms with Gasteiger partial charge in [0, 0.05) is 37.1 Å². The Morgan fingerprint density at radius 3 is 2.89 bits per heavy atom. The zero-order chi connectivity index (χ0) is 13.5. The van der Waals surface area contributed by atoms with Gasteiger partial charge in [-0.3, -0.25) is 4.79 Å². The minimum atomic E-state index is 0.213. The van der Waals surface area contributed by atoms with E-state index in [0.29, 0.717) is 26.2 Å². The largest absolute Gasteiger partial charge is 0.378 e. The summed E-state index contributed by atoms with van der Waals surface area (Å²) in [5.41, 5.74) is 1.22. The minimum Gasteiger partial charge on any atom is -0.378 e. The first-order valence-corrected chi connectivity index (χ1v) is 7.36. The first-order valence-electron chi connectivity index (χ1n) is 6.56. The zero-order valence-corrected chi connectivity index (χ0v) is 12.5. The van der Waals surface area contributed by atoms with Crippen molar-refractivity contribution in [3.05, 3.63) is 34.3 Å². The van der Waals surface area contributed by atoms with Crippen molar-refractivity contribution in [1.82, 2.24) is 10.2 Å². The van der Waals surface area contributed by atoms with Crippen LogP contribution in [0, 0.1) is 0 Å². The molecule has 19 heavy (non-hydrogen) atoms. The van der Waals surface area contributed by atoms with Crippen LogP contribution in [0.3, 0.4) is 0 Å². The fraction of sp³-hybridized carbons (Fsp3) is 0.500. The van der Waals surface area contributed by atoms with Gasteiger partial charge in [-0.15, -0.1) is 0 Å². The second-order valence-electron chi connectivity index (χ2n) is 4.55. The van der Waals surface area contributed by atoms with E-state index in [2.05, 4.69) is 33.4 Å². The molecule has 104 valence electrons. The van der Waals surface area contributed by atoms with Crippen LogP contribution in [0.15, 0.2) is 28.7 Å². The van der Waals surface area contributed by atoms with E-state index in [1.807, 2.05) is 17.0 Å². The Bertz CT molecular complexity index is 420. The third-order valence-corrected chi connectivity index (χ3v) is 3.59. The van der Waals surface area contributed by atoms with Crippen molar-refractivity contribution >= 4 is 21.8 Å². The van der Waals surface area contributed by atoms with Gasteiger partial charge in [-0.05, 0) is 17.7 Å². The number of hydrogen-bond acceptors (Lipinski definition) is 3. The van der Waals surface area contributed by atoms with E-state index in [9.17, 15) is 4.79 Å². The van der Waals surface area contributed by atoms with E-state index in [0.717, 1.165) is 24.1 Å². The van der Waals surface area contributed by atoms with E-state index >= 15 is 0 Å². The Labute approximate surface area is 122 Å². The second-order valence-corrected chi connectivity index (χ2v) is 5.47. The summed E-state index contributed by atoms with van der Waals surface area (Å²) in [7, 11) is 0. The smallest absolute Gasteiger partial charge is 0.224 e. The molecule has 0 aromatic heterocycles. The number of ether oxygens (including phenoxy) is 1. The molecule has 0 bridgehead atoms. The van der Waals surface area contributed by atoms with Crippen molar-refractivity contribution in [2.24, 2.45) is 0 Å².